The van der Waals surface area contributed by atoms with Gasteiger partial charge in [-0.1, -0.05) is 38.6 Å². The van der Waals surface area contributed by atoms with Gasteiger partial charge in [-0.3, -0.25) is 0 Å². The van der Waals surface area contributed by atoms with Crippen molar-refractivity contribution in [2.45, 2.75) is 6.16 Å². The van der Waals surface area contributed by atoms with Gasteiger partial charge in [-0.25, -0.2) is 0 Å². The van der Waals surface area contributed by atoms with E-state index in [1.807, 2.05) is 0 Å². The lowest BCUT2D eigenvalue weighted by atomic mass is 10.2. The summed E-state index contributed by atoms with van der Waals surface area (Å²) in [6.45, 7) is 0. The highest BCUT2D eigenvalue weighted by molar-refractivity contribution is 8.93. The van der Waals surface area contributed by atoms with Crippen LogP contribution < -0.4 is 0 Å². The standard InChI is InChI=1S/C7H10P2.BrH/c8-9-6-7-4-2-1-3-5-7;/h1-5,9H,6,8H2;1H. The van der Waals surface area contributed by atoms with Crippen molar-refractivity contribution in [2.24, 2.45) is 0 Å². The lowest BCUT2D eigenvalue weighted by Gasteiger charge is -1.93. The zero-order valence-electron chi connectivity index (χ0n) is 5.58. The minimum absolute atomic E-state index is 0. The number of rotatable bonds is 2. The molecule has 0 saturated carbocycles. The monoisotopic (exact) mass is 236 g/mol. The molecule has 0 aliphatic rings. The van der Waals surface area contributed by atoms with Gasteiger partial charge in [0.25, 0.3) is 0 Å². The Labute approximate surface area is 76.4 Å². The molecule has 0 spiro atoms. The molecule has 0 amide bonds. The van der Waals surface area contributed by atoms with E-state index in [2.05, 4.69) is 39.3 Å². The third-order valence-electron chi connectivity index (χ3n) is 1.15. The van der Waals surface area contributed by atoms with Gasteiger partial charge in [0, 0.05) is 0 Å². The van der Waals surface area contributed by atoms with Crippen LogP contribution in [0.2, 0.25) is 0 Å². The first-order chi connectivity index (χ1) is 4.43. The molecular formula is C7H11BrP2. The zero-order chi connectivity index (χ0) is 6.53. The predicted molar refractivity (Wildman–Crippen MR) is 58.5 cm³/mol. The van der Waals surface area contributed by atoms with Gasteiger partial charge < -0.3 is 0 Å². The molecule has 0 aliphatic heterocycles. The van der Waals surface area contributed by atoms with Gasteiger partial charge in [0.1, 0.15) is 0 Å². The van der Waals surface area contributed by atoms with E-state index in [0.29, 0.717) is 0 Å². The van der Waals surface area contributed by atoms with Crippen LogP contribution in [0.25, 0.3) is 0 Å². The highest BCUT2D eigenvalue weighted by Crippen LogP contribution is 2.25. The quantitative estimate of drug-likeness (QED) is 0.692. The van der Waals surface area contributed by atoms with Gasteiger partial charge in [0.05, 0.1) is 0 Å². The highest BCUT2D eigenvalue weighted by atomic mass is 79.9. The maximum absolute atomic E-state index is 2.76. The lowest BCUT2D eigenvalue weighted by Crippen LogP contribution is -1.72. The molecule has 1 rings (SSSR count). The van der Waals surface area contributed by atoms with Gasteiger partial charge in [-0.2, -0.15) is 0 Å². The molecule has 0 saturated heterocycles. The van der Waals surface area contributed by atoms with Gasteiger partial charge >= 0.3 is 0 Å². The molecule has 0 N–H and O–H groups in total. The number of benzene rings is 1. The fourth-order valence-electron chi connectivity index (χ4n) is 0.714. The van der Waals surface area contributed by atoms with Crippen molar-refractivity contribution in [3.8, 4) is 0 Å². The van der Waals surface area contributed by atoms with Crippen molar-refractivity contribution in [3.05, 3.63) is 35.9 Å². The molecule has 1 aromatic carbocycles. The number of hydrogen-bond donors (Lipinski definition) is 0. The van der Waals surface area contributed by atoms with Crippen molar-refractivity contribution in [2.75, 3.05) is 0 Å². The summed E-state index contributed by atoms with van der Waals surface area (Å²) in [6.07, 6.45) is 1.20. The summed E-state index contributed by atoms with van der Waals surface area (Å²) in [5.41, 5.74) is 1.44. The molecule has 0 radical (unpaired) electrons. The van der Waals surface area contributed by atoms with Gasteiger partial charge in [0.15, 0.2) is 0 Å². The summed E-state index contributed by atoms with van der Waals surface area (Å²) in [7, 11) is 3.71. The maximum Gasteiger partial charge on any atom is -0.00663 e. The van der Waals surface area contributed by atoms with Gasteiger partial charge in [0.2, 0.25) is 0 Å². The first-order valence-corrected chi connectivity index (χ1v) is 5.92. The van der Waals surface area contributed by atoms with E-state index in [1.54, 1.807) is 0 Å². The molecule has 0 fully saturated rings. The summed E-state index contributed by atoms with van der Waals surface area (Å²) >= 11 is 0. The Morgan fingerprint density at radius 1 is 1.20 bits per heavy atom. The number of hydrogen-bond acceptors (Lipinski definition) is 0. The molecule has 0 nitrogen and oxygen atoms in total. The smallest absolute Gasteiger partial charge is 0.00663 e. The van der Waals surface area contributed by atoms with Gasteiger partial charge in [-0.15, -0.1) is 25.9 Å². The molecule has 2 atom stereocenters. The van der Waals surface area contributed by atoms with Crippen molar-refractivity contribution >= 4 is 34.2 Å². The van der Waals surface area contributed by atoms with Crippen LogP contribution in [-0.4, -0.2) is 0 Å². The van der Waals surface area contributed by atoms with E-state index in [1.165, 1.54) is 11.7 Å². The predicted octanol–water partition coefficient (Wildman–Crippen LogP) is 3.23. The van der Waals surface area contributed by atoms with E-state index in [0.717, 1.165) is 8.27 Å². The van der Waals surface area contributed by atoms with Gasteiger partial charge in [-0.05, 0) is 11.7 Å². The Hall–Kier alpha value is 0.560. The SMILES string of the molecule is Br.PPCc1ccccc1. The van der Waals surface area contributed by atoms with Crippen LogP contribution in [-0.2, 0) is 6.16 Å². The largest absolute Gasteiger partial charge is 0.114 e. The molecule has 56 valence electrons. The fraction of sp³-hybridized carbons (Fsp3) is 0.143. The summed E-state index contributed by atoms with van der Waals surface area (Å²) in [5, 5.41) is 0. The molecule has 2 unspecified atom stereocenters. The van der Waals surface area contributed by atoms with Crippen LogP contribution in [0, 0.1) is 0 Å². The molecule has 0 heterocycles. The highest BCUT2D eigenvalue weighted by Gasteiger charge is 1.84. The Kier molecular flexibility index (Phi) is 6.63. The summed E-state index contributed by atoms with van der Waals surface area (Å²) in [4.78, 5) is 0. The summed E-state index contributed by atoms with van der Waals surface area (Å²) < 4.78 is 0. The van der Waals surface area contributed by atoms with Crippen molar-refractivity contribution in [1.29, 1.82) is 0 Å². The maximum atomic E-state index is 2.76. The normalized spacial score (nSPS) is 9.70. The van der Waals surface area contributed by atoms with Crippen LogP contribution >= 0.6 is 34.2 Å². The zero-order valence-corrected chi connectivity index (χ0v) is 9.45. The Morgan fingerprint density at radius 3 is 2.30 bits per heavy atom. The molecule has 0 bridgehead atoms. The second-order valence-electron chi connectivity index (χ2n) is 1.87. The minimum Gasteiger partial charge on any atom is -0.114 e. The van der Waals surface area contributed by atoms with E-state index in [9.17, 15) is 0 Å². The van der Waals surface area contributed by atoms with Crippen molar-refractivity contribution in [1.82, 2.24) is 0 Å². The average Bonchev–Trinajstić information content (AvgIpc) is 1.91. The van der Waals surface area contributed by atoms with E-state index >= 15 is 0 Å². The average molecular weight is 237 g/mol. The van der Waals surface area contributed by atoms with Crippen LogP contribution in [0.3, 0.4) is 0 Å². The lowest BCUT2D eigenvalue weighted by molar-refractivity contribution is 1.42. The van der Waals surface area contributed by atoms with Crippen LogP contribution in [0.1, 0.15) is 5.56 Å². The van der Waals surface area contributed by atoms with Crippen LogP contribution in [0.4, 0.5) is 0 Å². The Morgan fingerprint density at radius 2 is 1.80 bits per heavy atom. The third kappa shape index (κ3) is 3.66. The van der Waals surface area contributed by atoms with Crippen molar-refractivity contribution in [3.63, 3.8) is 0 Å². The minimum atomic E-state index is 0. The molecule has 0 aromatic heterocycles. The topological polar surface area (TPSA) is 0 Å². The summed E-state index contributed by atoms with van der Waals surface area (Å²) in [6, 6.07) is 10.5. The van der Waals surface area contributed by atoms with Crippen LogP contribution in [0.15, 0.2) is 30.3 Å². The Bertz CT molecular complexity index is 165. The van der Waals surface area contributed by atoms with E-state index in [4.69, 9.17) is 0 Å². The fourth-order valence-corrected chi connectivity index (χ4v) is 1.89. The van der Waals surface area contributed by atoms with Crippen molar-refractivity contribution < 1.29 is 0 Å². The van der Waals surface area contributed by atoms with E-state index < -0.39 is 0 Å². The second-order valence-corrected chi connectivity index (χ2v) is 3.85. The second kappa shape index (κ2) is 6.28. The Balaban J connectivity index is 0.000000810. The third-order valence-corrected chi connectivity index (χ3v) is 2.37. The molecule has 1 aromatic rings. The van der Waals surface area contributed by atoms with E-state index in [-0.39, 0.29) is 17.0 Å². The first kappa shape index (κ1) is 10.6. The summed E-state index contributed by atoms with van der Waals surface area (Å²) in [5.74, 6) is 0. The molecular weight excluding hydrogens is 226 g/mol. The molecule has 3 heteroatoms. The first-order valence-electron chi connectivity index (χ1n) is 2.91. The molecule has 10 heavy (non-hydrogen) atoms. The number of halogens is 1. The van der Waals surface area contributed by atoms with Crippen LogP contribution in [0.5, 0.6) is 0 Å². The molecule has 0 aliphatic carbocycles.